The first-order chi connectivity index (χ1) is 10.1. The third kappa shape index (κ3) is 3.86. The third-order valence-electron chi connectivity index (χ3n) is 2.57. The van der Waals surface area contributed by atoms with Crippen LogP contribution >= 0.6 is 0 Å². The fourth-order valence-corrected chi connectivity index (χ4v) is 1.73. The van der Waals surface area contributed by atoms with Gasteiger partial charge in [0.1, 0.15) is 5.75 Å². The van der Waals surface area contributed by atoms with Crippen LogP contribution in [-0.2, 0) is 6.18 Å². The summed E-state index contributed by atoms with van der Waals surface area (Å²) in [5.41, 5.74) is -1.85. The van der Waals surface area contributed by atoms with E-state index in [0.717, 1.165) is 24.3 Å². The zero-order chi connectivity index (χ0) is 16.5. The Kier molecular flexibility index (Phi) is 3.99. The summed E-state index contributed by atoms with van der Waals surface area (Å²) in [6.45, 7) is 0. The van der Waals surface area contributed by atoms with E-state index in [1.807, 2.05) is 0 Å². The molecule has 2 nitrogen and oxygen atoms in total. The lowest BCUT2D eigenvalue weighted by atomic mass is 10.0. The van der Waals surface area contributed by atoms with Gasteiger partial charge in [0.05, 0.1) is 5.56 Å². The molecule has 22 heavy (non-hydrogen) atoms. The van der Waals surface area contributed by atoms with E-state index < -0.39 is 35.4 Å². The Labute approximate surface area is 119 Å². The van der Waals surface area contributed by atoms with Crippen molar-refractivity contribution in [3.05, 3.63) is 48.0 Å². The largest absolute Gasteiger partial charge is 0.573 e. The van der Waals surface area contributed by atoms with Crippen LogP contribution in [0.1, 0.15) is 5.56 Å². The smallest absolute Gasteiger partial charge is 0.406 e. The molecular weight excluding hydrogens is 319 g/mol. The minimum atomic E-state index is -4.92. The second-order valence-electron chi connectivity index (χ2n) is 4.12. The summed E-state index contributed by atoms with van der Waals surface area (Å²) in [6, 6.07) is 4.15. The van der Waals surface area contributed by atoms with Crippen molar-refractivity contribution in [2.45, 2.75) is 12.5 Å². The second-order valence-corrected chi connectivity index (χ2v) is 4.12. The second kappa shape index (κ2) is 5.47. The van der Waals surface area contributed by atoms with Crippen LogP contribution in [0.4, 0.5) is 30.7 Å². The van der Waals surface area contributed by atoms with Gasteiger partial charge in [-0.1, -0.05) is 12.1 Å². The first kappa shape index (κ1) is 16.1. The van der Waals surface area contributed by atoms with Gasteiger partial charge in [-0.25, -0.2) is 4.98 Å². The van der Waals surface area contributed by atoms with Crippen molar-refractivity contribution < 1.29 is 35.5 Å². The van der Waals surface area contributed by atoms with Gasteiger partial charge in [-0.15, -0.1) is 13.2 Å². The molecule has 0 saturated carbocycles. The summed E-state index contributed by atoms with van der Waals surface area (Å²) in [5, 5.41) is 0. The Morgan fingerprint density at radius 3 is 2.00 bits per heavy atom. The number of ether oxygens (including phenoxy) is 1. The standard InChI is InChI=1S/C13H6F7NO/c14-11-5-9(10(6-21-11)12(15,16)17)7-1-3-8(4-2-7)22-13(18,19)20/h1-6H. The molecule has 0 amide bonds. The van der Waals surface area contributed by atoms with Crippen LogP contribution in [-0.4, -0.2) is 11.3 Å². The van der Waals surface area contributed by atoms with Gasteiger partial charge in [0.15, 0.2) is 0 Å². The van der Waals surface area contributed by atoms with Crippen LogP contribution in [0.3, 0.4) is 0 Å². The molecule has 118 valence electrons. The van der Waals surface area contributed by atoms with Crippen LogP contribution in [0.15, 0.2) is 36.5 Å². The van der Waals surface area contributed by atoms with Gasteiger partial charge < -0.3 is 4.74 Å². The highest BCUT2D eigenvalue weighted by atomic mass is 19.4. The number of hydrogen-bond acceptors (Lipinski definition) is 2. The minimum Gasteiger partial charge on any atom is -0.406 e. The number of pyridine rings is 1. The van der Waals surface area contributed by atoms with Crippen LogP contribution in [0, 0.1) is 5.95 Å². The molecule has 0 N–H and O–H groups in total. The average molecular weight is 325 g/mol. The monoisotopic (exact) mass is 325 g/mol. The van der Waals surface area contributed by atoms with Gasteiger partial charge in [0, 0.05) is 12.3 Å². The van der Waals surface area contributed by atoms with E-state index in [4.69, 9.17) is 0 Å². The molecule has 1 aromatic heterocycles. The number of halogens is 7. The molecule has 0 radical (unpaired) electrons. The summed E-state index contributed by atoms with van der Waals surface area (Å²) in [7, 11) is 0. The van der Waals surface area contributed by atoms with E-state index >= 15 is 0 Å². The summed E-state index contributed by atoms with van der Waals surface area (Å²) >= 11 is 0. The third-order valence-corrected chi connectivity index (χ3v) is 2.57. The highest BCUT2D eigenvalue weighted by Crippen LogP contribution is 2.37. The fourth-order valence-electron chi connectivity index (χ4n) is 1.73. The van der Waals surface area contributed by atoms with Gasteiger partial charge in [-0.2, -0.15) is 17.6 Å². The normalized spacial score (nSPS) is 12.3. The van der Waals surface area contributed by atoms with E-state index in [2.05, 4.69) is 9.72 Å². The van der Waals surface area contributed by atoms with Crippen molar-refractivity contribution in [3.63, 3.8) is 0 Å². The Bertz CT molecular complexity index is 662. The van der Waals surface area contributed by atoms with Crippen LogP contribution < -0.4 is 4.74 Å². The molecule has 2 aromatic rings. The van der Waals surface area contributed by atoms with E-state index in [0.29, 0.717) is 12.3 Å². The maximum absolute atomic E-state index is 13.1. The summed E-state index contributed by atoms with van der Waals surface area (Å²) in [5.74, 6) is -1.74. The maximum Gasteiger partial charge on any atom is 0.573 e. The Hall–Kier alpha value is -2.32. The highest BCUT2D eigenvalue weighted by molar-refractivity contribution is 5.68. The van der Waals surface area contributed by atoms with Gasteiger partial charge in [0.2, 0.25) is 5.95 Å². The number of aromatic nitrogens is 1. The molecule has 0 aliphatic carbocycles. The summed E-state index contributed by atoms with van der Waals surface area (Å²) in [6.07, 6.45) is -9.37. The van der Waals surface area contributed by atoms with E-state index in [1.54, 1.807) is 0 Å². The zero-order valence-corrected chi connectivity index (χ0v) is 10.5. The fraction of sp³-hybridized carbons (Fsp3) is 0.154. The molecule has 0 bridgehead atoms. The molecule has 0 fully saturated rings. The predicted molar refractivity (Wildman–Crippen MR) is 61.3 cm³/mol. The van der Waals surface area contributed by atoms with Gasteiger partial charge in [-0.05, 0) is 23.3 Å². The molecule has 0 spiro atoms. The van der Waals surface area contributed by atoms with Crippen molar-refractivity contribution >= 4 is 0 Å². The lowest BCUT2D eigenvalue weighted by Crippen LogP contribution is -2.17. The molecule has 1 heterocycles. The molecular formula is C13H6F7NO. The van der Waals surface area contributed by atoms with E-state index in [9.17, 15) is 30.7 Å². The van der Waals surface area contributed by atoms with Crippen LogP contribution in [0.2, 0.25) is 0 Å². The average Bonchev–Trinajstić information content (AvgIpc) is 2.36. The Morgan fingerprint density at radius 2 is 1.50 bits per heavy atom. The Morgan fingerprint density at radius 1 is 0.909 bits per heavy atom. The van der Waals surface area contributed by atoms with Crippen molar-refractivity contribution in [3.8, 4) is 16.9 Å². The lowest BCUT2D eigenvalue weighted by molar-refractivity contribution is -0.274. The van der Waals surface area contributed by atoms with Crippen molar-refractivity contribution in [2.75, 3.05) is 0 Å². The molecule has 0 aliphatic heterocycles. The van der Waals surface area contributed by atoms with Crippen molar-refractivity contribution in [2.24, 2.45) is 0 Å². The molecule has 9 heteroatoms. The van der Waals surface area contributed by atoms with Gasteiger partial charge in [0.25, 0.3) is 0 Å². The Balaban J connectivity index is 2.42. The summed E-state index contributed by atoms with van der Waals surface area (Å²) < 4.78 is 91.2. The number of hydrogen-bond donors (Lipinski definition) is 0. The van der Waals surface area contributed by atoms with Crippen molar-refractivity contribution in [1.82, 2.24) is 4.98 Å². The lowest BCUT2D eigenvalue weighted by Gasteiger charge is -2.13. The first-order valence-electron chi connectivity index (χ1n) is 5.65. The predicted octanol–water partition coefficient (Wildman–Crippen LogP) is 4.81. The number of nitrogens with zero attached hydrogens (tertiary/aromatic N) is 1. The maximum atomic E-state index is 13.1. The topological polar surface area (TPSA) is 22.1 Å². The number of benzene rings is 1. The quantitative estimate of drug-likeness (QED) is 0.584. The number of rotatable bonds is 2. The van der Waals surface area contributed by atoms with Crippen LogP contribution in [0.25, 0.3) is 11.1 Å². The summed E-state index contributed by atoms with van der Waals surface area (Å²) in [4.78, 5) is 2.94. The zero-order valence-electron chi connectivity index (χ0n) is 10.5. The molecule has 0 unspecified atom stereocenters. The molecule has 2 rings (SSSR count). The van der Waals surface area contributed by atoms with Crippen LogP contribution in [0.5, 0.6) is 5.75 Å². The molecule has 0 saturated heterocycles. The van der Waals surface area contributed by atoms with E-state index in [1.165, 1.54) is 0 Å². The first-order valence-corrected chi connectivity index (χ1v) is 5.65. The van der Waals surface area contributed by atoms with Crippen molar-refractivity contribution in [1.29, 1.82) is 0 Å². The van der Waals surface area contributed by atoms with Gasteiger partial charge >= 0.3 is 12.5 Å². The number of alkyl halides is 6. The highest BCUT2D eigenvalue weighted by Gasteiger charge is 2.35. The molecule has 1 aromatic carbocycles. The van der Waals surface area contributed by atoms with Gasteiger partial charge in [-0.3, -0.25) is 0 Å². The minimum absolute atomic E-state index is 0.122. The molecule has 0 atom stereocenters. The molecule has 0 aliphatic rings. The van der Waals surface area contributed by atoms with E-state index in [-0.39, 0.29) is 5.56 Å². The SMILES string of the molecule is Fc1cc(-c2ccc(OC(F)(F)F)cc2)c(C(F)(F)F)cn1.